The van der Waals surface area contributed by atoms with E-state index in [1.165, 1.54) is 0 Å². The van der Waals surface area contributed by atoms with Crippen LogP contribution < -0.4 is 10.1 Å². The highest BCUT2D eigenvalue weighted by Gasteiger charge is 2.19. The zero-order valence-corrected chi connectivity index (χ0v) is 11.3. The molecule has 1 N–H and O–H groups in total. The monoisotopic (exact) mass is 251 g/mol. The minimum atomic E-state index is 0.122. The van der Waals surface area contributed by atoms with Gasteiger partial charge in [-0.2, -0.15) is 4.98 Å². The van der Waals surface area contributed by atoms with Crippen molar-refractivity contribution < 1.29 is 9.47 Å². The highest BCUT2D eigenvalue weighted by molar-refractivity contribution is 5.24. The number of hydrogen-bond donors (Lipinski definition) is 1. The van der Waals surface area contributed by atoms with Crippen LogP contribution in [0.25, 0.3) is 0 Å². The van der Waals surface area contributed by atoms with Crippen molar-refractivity contribution in [3.05, 3.63) is 17.6 Å². The lowest BCUT2D eigenvalue weighted by Crippen LogP contribution is -2.24. The molecule has 5 heteroatoms. The van der Waals surface area contributed by atoms with E-state index < -0.39 is 0 Å². The molecule has 0 aliphatic carbocycles. The third kappa shape index (κ3) is 3.65. The van der Waals surface area contributed by atoms with E-state index in [-0.39, 0.29) is 6.10 Å². The van der Waals surface area contributed by atoms with Gasteiger partial charge in [-0.1, -0.05) is 13.8 Å². The Hall–Kier alpha value is -1.20. The molecule has 0 bridgehead atoms. The molecule has 100 valence electrons. The van der Waals surface area contributed by atoms with Gasteiger partial charge in [-0.25, -0.2) is 4.98 Å². The molecule has 0 spiro atoms. The van der Waals surface area contributed by atoms with Gasteiger partial charge in [-0.3, -0.25) is 0 Å². The Labute approximate surface area is 108 Å². The lowest BCUT2D eigenvalue weighted by atomic mass is 10.2. The summed E-state index contributed by atoms with van der Waals surface area (Å²) < 4.78 is 11.2. The summed E-state index contributed by atoms with van der Waals surface area (Å²) in [6.07, 6.45) is 2.89. The van der Waals surface area contributed by atoms with Crippen LogP contribution in [0.4, 0.5) is 0 Å². The van der Waals surface area contributed by atoms with Crippen LogP contribution in [0.5, 0.6) is 5.88 Å². The first-order valence-corrected chi connectivity index (χ1v) is 6.45. The fraction of sp³-hybridized carbons (Fsp3) is 0.692. The van der Waals surface area contributed by atoms with Crippen LogP contribution in [0.1, 0.15) is 31.7 Å². The highest BCUT2D eigenvalue weighted by Crippen LogP contribution is 2.19. The van der Waals surface area contributed by atoms with Crippen LogP contribution in [0.2, 0.25) is 0 Å². The number of nitrogens with zero attached hydrogens (tertiary/aromatic N) is 2. The second-order valence-electron chi connectivity index (χ2n) is 4.89. The molecular formula is C13H21N3O2. The van der Waals surface area contributed by atoms with Crippen LogP contribution in [-0.4, -0.2) is 35.3 Å². The van der Waals surface area contributed by atoms with Gasteiger partial charge in [-0.15, -0.1) is 0 Å². The fourth-order valence-electron chi connectivity index (χ4n) is 1.78. The Morgan fingerprint density at radius 3 is 3.06 bits per heavy atom. The molecule has 1 atom stereocenters. The second-order valence-corrected chi connectivity index (χ2v) is 4.89. The molecule has 18 heavy (non-hydrogen) atoms. The minimum Gasteiger partial charge on any atom is -0.471 e. The van der Waals surface area contributed by atoms with Crippen molar-refractivity contribution in [1.82, 2.24) is 15.3 Å². The Balaban J connectivity index is 2.07. The maximum absolute atomic E-state index is 5.90. The average molecular weight is 251 g/mol. The maximum Gasteiger partial charge on any atom is 0.221 e. The van der Waals surface area contributed by atoms with Crippen LogP contribution in [0.15, 0.2) is 6.20 Å². The zero-order valence-electron chi connectivity index (χ0n) is 11.3. The van der Waals surface area contributed by atoms with Gasteiger partial charge in [0.25, 0.3) is 0 Å². The topological polar surface area (TPSA) is 56.3 Å². The third-order valence-corrected chi connectivity index (χ3v) is 2.81. The summed E-state index contributed by atoms with van der Waals surface area (Å²) in [5, 5.41) is 3.36. The van der Waals surface area contributed by atoms with Crippen LogP contribution in [0.3, 0.4) is 0 Å². The van der Waals surface area contributed by atoms with Gasteiger partial charge in [-0.05, 0) is 6.92 Å². The molecule has 0 radical (unpaired) electrons. The Kier molecular flexibility index (Phi) is 4.49. The molecule has 1 aromatic rings. The first-order chi connectivity index (χ1) is 8.65. The van der Waals surface area contributed by atoms with Crippen molar-refractivity contribution in [3.8, 4) is 5.88 Å². The maximum atomic E-state index is 5.90. The molecule has 0 amide bonds. The second kappa shape index (κ2) is 6.11. The summed E-state index contributed by atoms with van der Waals surface area (Å²) in [4.78, 5) is 8.62. The number of ether oxygens (including phenoxy) is 2. The van der Waals surface area contributed by atoms with Crippen molar-refractivity contribution in [2.45, 2.75) is 45.9 Å². The van der Waals surface area contributed by atoms with Gasteiger partial charge < -0.3 is 14.8 Å². The first-order valence-electron chi connectivity index (χ1n) is 6.45. The van der Waals surface area contributed by atoms with E-state index in [1.807, 2.05) is 13.1 Å². The molecule has 1 aromatic heterocycles. The van der Waals surface area contributed by atoms with Gasteiger partial charge in [0.15, 0.2) is 0 Å². The van der Waals surface area contributed by atoms with Crippen molar-refractivity contribution in [2.75, 3.05) is 13.2 Å². The molecule has 1 aliphatic rings. The van der Waals surface area contributed by atoms with Crippen molar-refractivity contribution >= 4 is 0 Å². The summed E-state index contributed by atoms with van der Waals surface area (Å²) in [7, 11) is 0. The smallest absolute Gasteiger partial charge is 0.221 e. The number of hydrogen-bond acceptors (Lipinski definition) is 5. The van der Waals surface area contributed by atoms with Gasteiger partial charge in [0.05, 0.1) is 13.2 Å². The van der Waals surface area contributed by atoms with E-state index in [9.17, 15) is 0 Å². The fourth-order valence-corrected chi connectivity index (χ4v) is 1.78. The molecule has 1 unspecified atom stereocenters. The quantitative estimate of drug-likeness (QED) is 0.858. The summed E-state index contributed by atoms with van der Waals surface area (Å²) in [6, 6.07) is 0.425. The van der Waals surface area contributed by atoms with Crippen LogP contribution in [0, 0.1) is 6.92 Å². The molecular weight excluding hydrogens is 230 g/mol. The summed E-state index contributed by atoms with van der Waals surface area (Å²) in [5.74, 6) is 1.42. The van der Waals surface area contributed by atoms with Crippen LogP contribution in [-0.2, 0) is 11.3 Å². The number of aromatic nitrogens is 2. The van der Waals surface area contributed by atoms with E-state index in [2.05, 4.69) is 29.1 Å². The Bertz CT molecular complexity index is 390. The predicted molar refractivity (Wildman–Crippen MR) is 68.6 cm³/mol. The highest BCUT2D eigenvalue weighted by atomic mass is 16.5. The Morgan fingerprint density at radius 1 is 1.56 bits per heavy atom. The molecule has 1 aliphatic heterocycles. The standard InChI is InChI=1S/C13H21N3O2/c1-9(2)14-6-11-7-15-10(3)16-13(11)18-12-4-5-17-8-12/h7,9,12,14H,4-6,8H2,1-3H3. The summed E-state index contributed by atoms with van der Waals surface area (Å²) >= 11 is 0. The first kappa shape index (κ1) is 13.2. The van der Waals surface area contributed by atoms with E-state index in [0.717, 1.165) is 31.0 Å². The van der Waals surface area contributed by atoms with E-state index >= 15 is 0 Å². The van der Waals surface area contributed by atoms with Gasteiger partial charge in [0.1, 0.15) is 11.9 Å². The minimum absolute atomic E-state index is 0.122. The number of rotatable bonds is 5. The normalized spacial score (nSPS) is 19.4. The molecule has 1 fully saturated rings. The molecule has 1 saturated heterocycles. The molecule has 2 heterocycles. The Morgan fingerprint density at radius 2 is 2.39 bits per heavy atom. The molecule has 5 nitrogen and oxygen atoms in total. The average Bonchev–Trinajstić information content (AvgIpc) is 2.80. The van der Waals surface area contributed by atoms with Crippen LogP contribution >= 0.6 is 0 Å². The van der Waals surface area contributed by atoms with Gasteiger partial charge >= 0.3 is 0 Å². The largest absolute Gasteiger partial charge is 0.471 e. The third-order valence-electron chi connectivity index (χ3n) is 2.81. The SMILES string of the molecule is Cc1ncc(CNC(C)C)c(OC2CCOC2)n1. The van der Waals surface area contributed by atoms with Crippen molar-refractivity contribution in [3.63, 3.8) is 0 Å². The summed E-state index contributed by atoms with van der Waals surface area (Å²) in [5.41, 5.74) is 1.00. The molecule has 0 aromatic carbocycles. The predicted octanol–water partition coefficient (Wildman–Crippen LogP) is 1.45. The lowest BCUT2D eigenvalue weighted by Gasteiger charge is -2.15. The number of aryl methyl sites for hydroxylation is 1. The zero-order chi connectivity index (χ0) is 13.0. The molecule has 2 rings (SSSR count). The van der Waals surface area contributed by atoms with E-state index in [1.54, 1.807) is 0 Å². The van der Waals surface area contributed by atoms with Crippen molar-refractivity contribution in [2.24, 2.45) is 0 Å². The van der Waals surface area contributed by atoms with E-state index in [4.69, 9.17) is 9.47 Å². The summed E-state index contributed by atoms with van der Waals surface area (Å²) in [6.45, 7) is 8.24. The van der Waals surface area contributed by atoms with Crippen molar-refractivity contribution in [1.29, 1.82) is 0 Å². The number of nitrogens with one attached hydrogen (secondary N) is 1. The van der Waals surface area contributed by atoms with E-state index in [0.29, 0.717) is 18.5 Å². The molecule has 0 saturated carbocycles. The van der Waals surface area contributed by atoms with Gasteiger partial charge in [0, 0.05) is 30.8 Å². The van der Waals surface area contributed by atoms with Gasteiger partial charge in [0.2, 0.25) is 5.88 Å². The lowest BCUT2D eigenvalue weighted by molar-refractivity contribution is 0.136.